The maximum atomic E-state index is 6.89. The lowest BCUT2D eigenvalue weighted by Crippen LogP contribution is -2.09. The van der Waals surface area contributed by atoms with Crippen molar-refractivity contribution in [1.82, 2.24) is 0 Å². The van der Waals surface area contributed by atoms with Crippen molar-refractivity contribution < 1.29 is 8.83 Å². The van der Waals surface area contributed by atoms with Crippen LogP contribution in [-0.4, -0.2) is 0 Å². The van der Waals surface area contributed by atoms with E-state index in [9.17, 15) is 0 Å². The predicted molar refractivity (Wildman–Crippen MR) is 247 cm³/mol. The van der Waals surface area contributed by atoms with Gasteiger partial charge in [-0.25, -0.2) is 0 Å². The standard InChI is InChI=1S/C56H35NO2/c1-3-14-41(15-4-1)57(42-16-5-2-6-17-42)43-29-27-37(28-30-43)36-23-25-38(26-24-36)49-34-40(48-33-39-13-7-8-18-44(39)45-19-9-10-20-46(45)48)35-50-55-53(59-56(49)50)32-31-52-54(55)47-21-11-12-22-51(47)58-52/h1-35H. The minimum absolute atomic E-state index is 0.845. The summed E-state index contributed by atoms with van der Waals surface area (Å²) in [4.78, 5) is 2.29. The molecule has 0 saturated heterocycles. The Kier molecular flexibility index (Phi) is 7.54. The Morgan fingerprint density at radius 1 is 0.288 bits per heavy atom. The van der Waals surface area contributed by atoms with Gasteiger partial charge in [-0.1, -0.05) is 140 Å². The van der Waals surface area contributed by atoms with E-state index in [1.54, 1.807) is 0 Å². The molecule has 10 aromatic carbocycles. The summed E-state index contributed by atoms with van der Waals surface area (Å²) in [6.07, 6.45) is 0. The highest BCUT2D eigenvalue weighted by molar-refractivity contribution is 6.27. The Balaban J connectivity index is 1.02. The lowest BCUT2D eigenvalue weighted by Gasteiger charge is -2.25. The molecule has 0 saturated carbocycles. The highest BCUT2D eigenvalue weighted by Crippen LogP contribution is 2.46. The Labute approximate surface area is 340 Å². The van der Waals surface area contributed by atoms with Gasteiger partial charge in [0.05, 0.1) is 0 Å². The number of anilines is 3. The normalized spacial score (nSPS) is 11.7. The molecule has 0 unspecified atom stereocenters. The molecule has 2 heterocycles. The summed E-state index contributed by atoms with van der Waals surface area (Å²) < 4.78 is 13.3. The fourth-order valence-electron chi connectivity index (χ4n) is 9.09. The number of para-hydroxylation sites is 3. The van der Waals surface area contributed by atoms with Crippen molar-refractivity contribution in [2.24, 2.45) is 0 Å². The molecule has 12 aromatic rings. The van der Waals surface area contributed by atoms with Gasteiger partial charge < -0.3 is 13.7 Å². The van der Waals surface area contributed by atoms with Crippen LogP contribution >= 0.6 is 0 Å². The highest BCUT2D eigenvalue weighted by atomic mass is 16.3. The van der Waals surface area contributed by atoms with E-state index in [0.29, 0.717) is 0 Å². The maximum absolute atomic E-state index is 6.89. The number of rotatable bonds is 6. The quantitative estimate of drug-likeness (QED) is 0.158. The lowest BCUT2D eigenvalue weighted by molar-refractivity contribution is 0.663. The highest BCUT2D eigenvalue weighted by Gasteiger charge is 2.21. The topological polar surface area (TPSA) is 29.5 Å². The summed E-state index contributed by atoms with van der Waals surface area (Å²) in [5, 5.41) is 9.26. The van der Waals surface area contributed by atoms with Gasteiger partial charge in [0.2, 0.25) is 0 Å². The molecule has 0 radical (unpaired) electrons. The van der Waals surface area contributed by atoms with E-state index in [-0.39, 0.29) is 0 Å². The van der Waals surface area contributed by atoms with Crippen LogP contribution in [0, 0.1) is 0 Å². The van der Waals surface area contributed by atoms with Crippen molar-refractivity contribution in [3.05, 3.63) is 212 Å². The Morgan fingerprint density at radius 2 is 0.814 bits per heavy atom. The predicted octanol–water partition coefficient (Wildman–Crippen LogP) is 16.3. The van der Waals surface area contributed by atoms with Gasteiger partial charge >= 0.3 is 0 Å². The van der Waals surface area contributed by atoms with Gasteiger partial charge in [0, 0.05) is 44.2 Å². The molecule has 3 nitrogen and oxygen atoms in total. The summed E-state index contributed by atoms with van der Waals surface area (Å²) in [5.41, 5.74) is 13.6. The fourth-order valence-corrected chi connectivity index (χ4v) is 9.09. The third-order valence-electron chi connectivity index (χ3n) is 11.8. The molecule has 0 aliphatic rings. The molecule has 0 bridgehead atoms. The van der Waals surface area contributed by atoms with E-state index < -0.39 is 0 Å². The van der Waals surface area contributed by atoms with Crippen LogP contribution in [0.3, 0.4) is 0 Å². The first-order valence-corrected chi connectivity index (χ1v) is 20.1. The van der Waals surface area contributed by atoms with Crippen LogP contribution in [-0.2, 0) is 0 Å². The molecule has 0 fully saturated rings. The van der Waals surface area contributed by atoms with Crippen LogP contribution < -0.4 is 4.90 Å². The molecule has 276 valence electrons. The average molecular weight is 754 g/mol. The number of nitrogens with zero attached hydrogens (tertiary/aromatic N) is 1. The smallest absolute Gasteiger partial charge is 0.143 e. The van der Waals surface area contributed by atoms with E-state index in [2.05, 4.69) is 199 Å². The van der Waals surface area contributed by atoms with E-state index in [1.165, 1.54) is 27.1 Å². The van der Waals surface area contributed by atoms with Gasteiger partial charge in [-0.3, -0.25) is 0 Å². The SMILES string of the molecule is c1ccc(N(c2ccccc2)c2ccc(-c3ccc(-c4cc(-c5cc6ccccc6c6ccccc56)cc5c4oc4ccc6oc7ccccc7c6c45)cc3)cc2)cc1. The second-order valence-electron chi connectivity index (χ2n) is 15.2. The molecular formula is C56H35NO2. The number of benzene rings is 10. The van der Waals surface area contributed by atoms with E-state index >= 15 is 0 Å². The van der Waals surface area contributed by atoms with Crippen LogP contribution in [0.1, 0.15) is 0 Å². The van der Waals surface area contributed by atoms with Gasteiger partial charge in [0.1, 0.15) is 22.3 Å². The molecule has 59 heavy (non-hydrogen) atoms. The molecule has 0 aliphatic heterocycles. The average Bonchev–Trinajstić information content (AvgIpc) is 3.88. The van der Waals surface area contributed by atoms with Gasteiger partial charge in [0.25, 0.3) is 0 Å². The molecule has 0 amide bonds. The van der Waals surface area contributed by atoms with Crippen molar-refractivity contribution in [2.45, 2.75) is 0 Å². The molecule has 0 spiro atoms. The largest absolute Gasteiger partial charge is 0.456 e. The molecule has 3 heteroatoms. The van der Waals surface area contributed by atoms with E-state index in [4.69, 9.17) is 8.83 Å². The Hall–Kier alpha value is -7.88. The Bertz CT molecular complexity index is 3490. The summed E-state index contributed by atoms with van der Waals surface area (Å²) in [6, 6.07) is 75.6. The maximum Gasteiger partial charge on any atom is 0.143 e. The summed E-state index contributed by atoms with van der Waals surface area (Å²) in [7, 11) is 0. The third kappa shape index (κ3) is 5.44. The zero-order valence-electron chi connectivity index (χ0n) is 32.0. The first-order chi connectivity index (χ1) is 29.2. The van der Waals surface area contributed by atoms with Gasteiger partial charge in [0.15, 0.2) is 0 Å². The summed E-state index contributed by atoms with van der Waals surface area (Å²) >= 11 is 0. The summed E-state index contributed by atoms with van der Waals surface area (Å²) in [5.74, 6) is 0. The third-order valence-corrected chi connectivity index (χ3v) is 11.8. The zero-order valence-corrected chi connectivity index (χ0v) is 32.0. The molecular weight excluding hydrogens is 719 g/mol. The molecule has 12 rings (SSSR count). The van der Waals surface area contributed by atoms with Gasteiger partial charge in [-0.2, -0.15) is 0 Å². The number of fused-ring (bicyclic) bond motifs is 10. The number of furan rings is 2. The molecule has 0 N–H and O–H groups in total. The summed E-state index contributed by atoms with van der Waals surface area (Å²) in [6.45, 7) is 0. The van der Waals surface area contributed by atoms with Crippen molar-refractivity contribution >= 4 is 82.5 Å². The fraction of sp³-hybridized carbons (Fsp3) is 0. The zero-order chi connectivity index (χ0) is 38.9. The first kappa shape index (κ1) is 33.3. The van der Waals surface area contributed by atoms with Crippen molar-refractivity contribution in [1.29, 1.82) is 0 Å². The van der Waals surface area contributed by atoms with Crippen LogP contribution in [0.25, 0.3) is 98.8 Å². The minimum Gasteiger partial charge on any atom is -0.456 e. The van der Waals surface area contributed by atoms with Crippen molar-refractivity contribution in [2.75, 3.05) is 4.90 Å². The number of hydrogen-bond donors (Lipinski definition) is 0. The van der Waals surface area contributed by atoms with Crippen LogP contribution in [0.5, 0.6) is 0 Å². The second-order valence-corrected chi connectivity index (χ2v) is 15.2. The molecule has 0 atom stereocenters. The second kappa shape index (κ2) is 13.4. The van der Waals surface area contributed by atoms with Crippen LogP contribution in [0.15, 0.2) is 221 Å². The van der Waals surface area contributed by atoms with Crippen LogP contribution in [0.4, 0.5) is 17.1 Å². The lowest BCUT2D eigenvalue weighted by atomic mass is 9.90. The van der Waals surface area contributed by atoms with Crippen molar-refractivity contribution in [3.63, 3.8) is 0 Å². The molecule has 0 aliphatic carbocycles. The first-order valence-electron chi connectivity index (χ1n) is 20.1. The van der Waals surface area contributed by atoms with Gasteiger partial charge in [-0.15, -0.1) is 0 Å². The van der Waals surface area contributed by atoms with Gasteiger partial charge in [-0.05, 0) is 122 Å². The monoisotopic (exact) mass is 753 g/mol. The van der Waals surface area contributed by atoms with Crippen LogP contribution in [0.2, 0.25) is 0 Å². The number of hydrogen-bond acceptors (Lipinski definition) is 3. The molecule has 2 aromatic heterocycles. The Morgan fingerprint density at radius 3 is 1.53 bits per heavy atom. The van der Waals surface area contributed by atoms with E-state index in [1.807, 2.05) is 18.2 Å². The van der Waals surface area contributed by atoms with E-state index in [0.717, 1.165) is 88.8 Å². The minimum atomic E-state index is 0.845. The van der Waals surface area contributed by atoms with Crippen molar-refractivity contribution in [3.8, 4) is 33.4 Å².